The van der Waals surface area contributed by atoms with Crippen LogP contribution in [-0.2, 0) is 6.54 Å². The van der Waals surface area contributed by atoms with Crippen LogP contribution in [-0.4, -0.2) is 45.0 Å². The second-order valence-corrected chi connectivity index (χ2v) is 8.48. The molecule has 2 amide bonds. The number of hydrogen-bond acceptors (Lipinski definition) is 5. The quantitative estimate of drug-likeness (QED) is 0.650. The minimum Gasteiger partial charge on any atom is -0.362 e. The minimum absolute atomic E-state index is 0.109. The number of likely N-dealkylation sites (tertiary alicyclic amines) is 1. The van der Waals surface area contributed by atoms with E-state index >= 15 is 0 Å². The van der Waals surface area contributed by atoms with E-state index in [1.54, 1.807) is 29.3 Å². The van der Waals surface area contributed by atoms with Crippen molar-refractivity contribution >= 4 is 28.5 Å². The monoisotopic (exact) mass is 431 g/mol. The molecule has 0 radical (unpaired) electrons. The van der Waals surface area contributed by atoms with Gasteiger partial charge in [0.15, 0.2) is 0 Å². The molecule has 3 aromatic rings. The molecule has 2 aromatic heterocycles. The van der Waals surface area contributed by atoms with E-state index in [4.69, 9.17) is 0 Å². The third-order valence-electron chi connectivity index (χ3n) is 6.43. The number of piperidine rings is 1. The third kappa shape index (κ3) is 3.23. The van der Waals surface area contributed by atoms with Crippen LogP contribution in [0.1, 0.15) is 46.2 Å². The van der Waals surface area contributed by atoms with Gasteiger partial charge in [0.05, 0.1) is 10.9 Å². The van der Waals surface area contributed by atoms with Gasteiger partial charge in [-0.05, 0) is 38.1 Å². The standard InChI is InChI=1S/C24H25N5O3/c1-3-28-14-18(20(30)17-9-8-15(2)25-21(17)28)23(32)29-12-10-24(11-13-29)26-19-7-5-4-6-16(19)22(31)27-24/h4-9,14,26H,3,10-13H2,1-2H3,(H,27,31). The molecular formula is C24H25N5O3. The summed E-state index contributed by atoms with van der Waals surface area (Å²) in [5, 5.41) is 6.99. The van der Waals surface area contributed by atoms with Crippen LogP contribution in [0.25, 0.3) is 11.0 Å². The van der Waals surface area contributed by atoms with Gasteiger partial charge >= 0.3 is 0 Å². The van der Waals surface area contributed by atoms with Crippen molar-refractivity contribution in [3.63, 3.8) is 0 Å². The summed E-state index contributed by atoms with van der Waals surface area (Å²) in [6.07, 6.45) is 2.73. The Morgan fingerprint density at radius 3 is 2.59 bits per heavy atom. The Kier molecular flexibility index (Phi) is 4.73. The summed E-state index contributed by atoms with van der Waals surface area (Å²) in [6, 6.07) is 10.9. The van der Waals surface area contributed by atoms with Crippen LogP contribution in [0.4, 0.5) is 5.69 Å². The fourth-order valence-electron chi connectivity index (χ4n) is 4.63. The number of fused-ring (bicyclic) bond motifs is 2. The molecule has 32 heavy (non-hydrogen) atoms. The molecule has 4 heterocycles. The maximum atomic E-state index is 13.3. The zero-order chi connectivity index (χ0) is 22.5. The number of carbonyl (C=O) groups excluding carboxylic acids is 2. The SMILES string of the molecule is CCn1cc(C(=O)N2CCC3(CC2)NC(=O)c2ccccc2N3)c(=O)c2ccc(C)nc21. The molecule has 2 aliphatic rings. The van der Waals surface area contributed by atoms with E-state index in [9.17, 15) is 14.4 Å². The molecule has 0 saturated carbocycles. The number of aryl methyl sites for hydroxylation is 2. The number of amides is 2. The van der Waals surface area contributed by atoms with Crippen LogP contribution < -0.4 is 16.1 Å². The fourth-order valence-corrected chi connectivity index (χ4v) is 4.63. The molecule has 8 nitrogen and oxygen atoms in total. The number of aromatic nitrogens is 2. The highest BCUT2D eigenvalue weighted by molar-refractivity contribution is 6.02. The summed E-state index contributed by atoms with van der Waals surface area (Å²) in [5.41, 5.74) is 2.13. The number of pyridine rings is 2. The second kappa shape index (κ2) is 7.47. The van der Waals surface area contributed by atoms with Crippen LogP contribution in [0.5, 0.6) is 0 Å². The Balaban J connectivity index is 1.40. The van der Waals surface area contributed by atoms with Gasteiger partial charge in [-0.1, -0.05) is 12.1 Å². The number of anilines is 1. The summed E-state index contributed by atoms with van der Waals surface area (Å²) in [6.45, 7) is 5.31. The summed E-state index contributed by atoms with van der Waals surface area (Å²) in [4.78, 5) is 45.2. The van der Waals surface area contributed by atoms with Crippen molar-refractivity contribution in [3.05, 3.63) is 69.6 Å². The summed E-state index contributed by atoms with van der Waals surface area (Å²) < 4.78 is 1.85. The maximum Gasteiger partial charge on any atom is 0.259 e. The maximum absolute atomic E-state index is 13.3. The molecule has 5 rings (SSSR count). The number of hydrogen-bond donors (Lipinski definition) is 2. The first-order valence-corrected chi connectivity index (χ1v) is 10.9. The van der Waals surface area contributed by atoms with Gasteiger partial charge in [0.1, 0.15) is 16.9 Å². The molecule has 1 fully saturated rings. The van der Waals surface area contributed by atoms with E-state index in [2.05, 4.69) is 15.6 Å². The normalized spacial score (nSPS) is 17.1. The number of benzene rings is 1. The molecule has 0 atom stereocenters. The number of carbonyl (C=O) groups is 2. The van der Waals surface area contributed by atoms with Gasteiger partial charge in [-0.2, -0.15) is 0 Å². The minimum atomic E-state index is -0.587. The molecular weight excluding hydrogens is 406 g/mol. The number of rotatable bonds is 2. The Labute approximate surface area is 185 Å². The van der Waals surface area contributed by atoms with Gasteiger partial charge in [0, 0.05) is 50.1 Å². The highest BCUT2D eigenvalue weighted by atomic mass is 16.2. The van der Waals surface area contributed by atoms with E-state index < -0.39 is 5.66 Å². The largest absolute Gasteiger partial charge is 0.362 e. The van der Waals surface area contributed by atoms with Crippen molar-refractivity contribution in [3.8, 4) is 0 Å². The Morgan fingerprint density at radius 1 is 1.09 bits per heavy atom. The zero-order valence-corrected chi connectivity index (χ0v) is 18.1. The van der Waals surface area contributed by atoms with E-state index in [1.807, 2.05) is 36.6 Å². The molecule has 1 aromatic carbocycles. The molecule has 0 aliphatic carbocycles. The Morgan fingerprint density at radius 2 is 1.84 bits per heavy atom. The average molecular weight is 431 g/mol. The predicted octanol–water partition coefficient (Wildman–Crippen LogP) is 2.51. The van der Waals surface area contributed by atoms with E-state index in [-0.39, 0.29) is 22.8 Å². The topological polar surface area (TPSA) is 96.3 Å². The van der Waals surface area contributed by atoms with E-state index in [0.717, 1.165) is 11.4 Å². The van der Waals surface area contributed by atoms with Crippen molar-refractivity contribution in [1.29, 1.82) is 0 Å². The first-order valence-electron chi connectivity index (χ1n) is 10.9. The van der Waals surface area contributed by atoms with E-state index in [0.29, 0.717) is 49.1 Å². The van der Waals surface area contributed by atoms with Crippen LogP contribution in [0.15, 0.2) is 47.4 Å². The summed E-state index contributed by atoms with van der Waals surface area (Å²) in [5.74, 6) is -0.389. The van der Waals surface area contributed by atoms with Gasteiger partial charge in [-0.3, -0.25) is 14.4 Å². The summed E-state index contributed by atoms with van der Waals surface area (Å²) >= 11 is 0. The number of para-hydroxylation sites is 1. The lowest BCUT2D eigenvalue weighted by molar-refractivity contribution is 0.0638. The first kappa shape index (κ1) is 20.2. The molecule has 2 N–H and O–H groups in total. The van der Waals surface area contributed by atoms with Crippen LogP contribution >= 0.6 is 0 Å². The van der Waals surface area contributed by atoms with Crippen molar-refractivity contribution in [2.75, 3.05) is 18.4 Å². The first-order chi connectivity index (χ1) is 15.4. The van der Waals surface area contributed by atoms with E-state index in [1.165, 1.54) is 0 Å². The third-order valence-corrected chi connectivity index (χ3v) is 6.43. The van der Waals surface area contributed by atoms with Crippen molar-refractivity contribution in [1.82, 2.24) is 19.8 Å². The van der Waals surface area contributed by atoms with Gasteiger partial charge in [0.2, 0.25) is 5.43 Å². The average Bonchev–Trinajstić information content (AvgIpc) is 2.79. The lowest BCUT2D eigenvalue weighted by Gasteiger charge is -2.45. The zero-order valence-electron chi connectivity index (χ0n) is 18.1. The highest BCUT2D eigenvalue weighted by Crippen LogP contribution is 2.31. The molecule has 1 saturated heterocycles. The molecule has 1 spiro atoms. The summed E-state index contributed by atoms with van der Waals surface area (Å²) in [7, 11) is 0. The molecule has 0 bridgehead atoms. The van der Waals surface area contributed by atoms with Gasteiger partial charge in [-0.15, -0.1) is 0 Å². The van der Waals surface area contributed by atoms with Crippen molar-refractivity contribution in [2.45, 2.75) is 38.9 Å². The second-order valence-electron chi connectivity index (χ2n) is 8.48. The van der Waals surface area contributed by atoms with Crippen LogP contribution in [0.3, 0.4) is 0 Å². The molecule has 164 valence electrons. The van der Waals surface area contributed by atoms with Gasteiger partial charge < -0.3 is 20.1 Å². The van der Waals surface area contributed by atoms with Crippen molar-refractivity contribution < 1.29 is 9.59 Å². The van der Waals surface area contributed by atoms with Crippen molar-refractivity contribution in [2.24, 2.45) is 0 Å². The lowest BCUT2D eigenvalue weighted by atomic mass is 9.92. The number of nitrogens with zero attached hydrogens (tertiary/aromatic N) is 3. The smallest absolute Gasteiger partial charge is 0.259 e. The molecule has 0 unspecified atom stereocenters. The highest BCUT2D eigenvalue weighted by Gasteiger charge is 2.41. The van der Waals surface area contributed by atoms with Crippen LogP contribution in [0, 0.1) is 6.92 Å². The van der Waals surface area contributed by atoms with Gasteiger partial charge in [0.25, 0.3) is 11.8 Å². The van der Waals surface area contributed by atoms with Gasteiger partial charge in [-0.25, -0.2) is 4.98 Å². The molecule has 2 aliphatic heterocycles. The number of nitrogens with one attached hydrogen (secondary N) is 2. The fraction of sp³-hybridized carbons (Fsp3) is 0.333. The predicted molar refractivity (Wildman–Crippen MR) is 122 cm³/mol. The lowest BCUT2D eigenvalue weighted by Crippen LogP contribution is -2.62. The van der Waals surface area contributed by atoms with Crippen LogP contribution in [0.2, 0.25) is 0 Å². The Bertz CT molecular complexity index is 1300. The molecule has 8 heteroatoms. The Hall–Kier alpha value is -3.68.